The van der Waals surface area contributed by atoms with Gasteiger partial charge in [0.1, 0.15) is 0 Å². The van der Waals surface area contributed by atoms with E-state index in [1.165, 1.54) is 12.4 Å². The van der Waals surface area contributed by atoms with Gasteiger partial charge in [-0.3, -0.25) is 9.78 Å². The van der Waals surface area contributed by atoms with Gasteiger partial charge >= 0.3 is 0 Å². The lowest BCUT2D eigenvalue weighted by atomic mass is 10.1. The molecule has 0 aliphatic rings. The summed E-state index contributed by atoms with van der Waals surface area (Å²) in [5, 5.41) is 5.97. The number of rotatable bonds is 9. The number of benzene rings is 1. The van der Waals surface area contributed by atoms with Gasteiger partial charge in [0.15, 0.2) is 11.5 Å². The van der Waals surface area contributed by atoms with Gasteiger partial charge in [-0.05, 0) is 35.7 Å². The number of carbonyl (C=O) groups excluding carboxylic acids is 1. The van der Waals surface area contributed by atoms with Crippen LogP contribution in [0.4, 0.5) is 5.95 Å². The van der Waals surface area contributed by atoms with Crippen LogP contribution in [0.3, 0.4) is 0 Å². The second kappa shape index (κ2) is 10.0. The number of aromatic nitrogens is 3. The average molecular weight is 393 g/mol. The van der Waals surface area contributed by atoms with E-state index < -0.39 is 0 Å². The predicted octanol–water partition coefficient (Wildman–Crippen LogP) is 2.47. The van der Waals surface area contributed by atoms with Crippen LogP contribution in [0.5, 0.6) is 11.5 Å². The lowest BCUT2D eigenvalue weighted by molar-refractivity contribution is 0.0953. The molecule has 150 valence electrons. The molecule has 2 N–H and O–H groups in total. The van der Waals surface area contributed by atoms with Gasteiger partial charge in [0.2, 0.25) is 5.95 Å². The summed E-state index contributed by atoms with van der Waals surface area (Å²) in [6, 6.07) is 9.52. The van der Waals surface area contributed by atoms with Gasteiger partial charge < -0.3 is 20.1 Å². The van der Waals surface area contributed by atoms with Crippen LogP contribution in [0.1, 0.15) is 21.5 Å². The molecule has 8 nitrogen and oxygen atoms in total. The number of anilines is 1. The summed E-state index contributed by atoms with van der Waals surface area (Å²) < 4.78 is 10.5. The Morgan fingerprint density at radius 1 is 1.00 bits per heavy atom. The topological polar surface area (TPSA) is 98.3 Å². The molecule has 1 aromatic carbocycles. The quantitative estimate of drug-likeness (QED) is 0.576. The van der Waals surface area contributed by atoms with E-state index in [-0.39, 0.29) is 5.91 Å². The number of ether oxygens (including phenoxy) is 2. The SMILES string of the molecule is COc1ccc(CCNC(=O)c2cnc(NCc3cccnc3)nc2)cc1OC. The molecule has 0 radical (unpaired) electrons. The summed E-state index contributed by atoms with van der Waals surface area (Å²) in [6.45, 7) is 1.04. The number of amides is 1. The molecule has 2 heterocycles. The molecule has 8 heteroatoms. The smallest absolute Gasteiger partial charge is 0.254 e. The van der Waals surface area contributed by atoms with E-state index >= 15 is 0 Å². The van der Waals surface area contributed by atoms with Gasteiger partial charge in [0.25, 0.3) is 5.91 Å². The normalized spacial score (nSPS) is 10.3. The zero-order chi connectivity index (χ0) is 20.5. The number of methoxy groups -OCH3 is 2. The molecule has 0 unspecified atom stereocenters. The fourth-order valence-electron chi connectivity index (χ4n) is 2.68. The number of nitrogens with zero attached hydrogens (tertiary/aromatic N) is 3. The van der Waals surface area contributed by atoms with E-state index in [1.54, 1.807) is 26.6 Å². The summed E-state index contributed by atoms with van der Waals surface area (Å²) in [5.41, 5.74) is 2.46. The van der Waals surface area contributed by atoms with Crippen LogP contribution in [-0.4, -0.2) is 41.6 Å². The van der Waals surface area contributed by atoms with Crippen LogP contribution < -0.4 is 20.1 Å². The Morgan fingerprint density at radius 2 is 1.79 bits per heavy atom. The molecular formula is C21H23N5O3. The molecule has 29 heavy (non-hydrogen) atoms. The van der Waals surface area contributed by atoms with Crippen LogP contribution in [0, 0.1) is 0 Å². The van der Waals surface area contributed by atoms with E-state index in [9.17, 15) is 4.79 Å². The molecule has 0 aliphatic heterocycles. The summed E-state index contributed by atoms with van der Waals surface area (Å²) in [4.78, 5) is 24.7. The molecule has 0 spiro atoms. The van der Waals surface area contributed by atoms with Crippen molar-refractivity contribution in [3.8, 4) is 11.5 Å². The van der Waals surface area contributed by atoms with Crippen molar-refractivity contribution in [1.82, 2.24) is 20.3 Å². The van der Waals surface area contributed by atoms with E-state index in [0.717, 1.165) is 11.1 Å². The van der Waals surface area contributed by atoms with Crippen molar-refractivity contribution < 1.29 is 14.3 Å². The standard InChI is InChI=1S/C21H23N5O3/c1-28-18-6-5-15(10-19(18)29-2)7-9-23-20(27)17-13-25-21(26-14-17)24-12-16-4-3-8-22-11-16/h3-6,8,10-11,13-14H,7,9,12H2,1-2H3,(H,23,27)(H,24,25,26). The highest BCUT2D eigenvalue weighted by atomic mass is 16.5. The van der Waals surface area contributed by atoms with E-state index in [4.69, 9.17) is 9.47 Å². The fourth-order valence-corrected chi connectivity index (χ4v) is 2.68. The highest BCUT2D eigenvalue weighted by molar-refractivity contribution is 5.93. The van der Waals surface area contributed by atoms with Crippen molar-refractivity contribution in [1.29, 1.82) is 0 Å². The molecule has 0 atom stereocenters. The van der Waals surface area contributed by atoms with Gasteiger partial charge in [0, 0.05) is 37.9 Å². The number of hydrogen-bond donors (Lipinski definition) is 2. The van der Waals surface area contributed by atoms with E-state index in [0.29, 0.717) is 42.5 Å². The molecule has 0 bridgehead atoms. The molecular weight excluding hydrogens is 370 g/mol. The van der Waals surface area contributed by atoms with Crippen LogP contribution >= 0.6 is 0 Å². The minimum Gasteiger partial charge on any atom is -0.493 e. The van der Waals surface area contributed by atoms with Crippen molar-refractivity contribution in [2.75, 3.05) is 26.1 Å². The highest BCUT2D eigenvalue weighted by Crippen LogP contribution is 2.27. The maximum atomic E-state index is 12.3. The Bertz CT molecular complexity index is 933. The average Bonchev–Trinajstić information content (AvgIpc) is 2.78. The Balaban J connectivity index is 1.48. The van der Waals surface area contributed by atoms with E-state index in [2.05, 4.69) is 25.6 Å². The van der Waals surface area contributed by atoms with Crippen molar-refractivity contribution in [2.24, 2.45) is 0 Å². The Kier molecular flexibility index (Phi) is 6.94. The van der Waals surface area contributed by atoms with Crippen LogP contribution in [0.15, 0.2) is 55.1 Å². The third-order valence-corrected chi connectivity index (χ3v) is 4.23. The first kappa shape index (κ1) is 20.1. The molecule has 3 aromatic rings. The Hall–Kier alpha value is -3.68. The van der Waals surface area contributed by atoms with Crippen molar-refractivity contribution in [3.63, 3.8) is 0 Å². The molecule has 0 saturated carbocycles. The lowest BCUT2D eigenvalue weighted by Gasteiger charge is -2.10. The van der Waals surface area contributed by atoms with Gasteiger partial charge in [-0.1, -0.05) is 12.1 Å². The van der Waals surface area contributed by atoms with Gasteiger partial charge in [0.05, 0.1) is 19.8 Å². The number of nitrogens with one attached hydrogen (secondary N) is 2. The fraction of sp³-hybridized carbons (Fsp3) is 0.238. The third-order valence-electron chi connectivity index (χ3n) is 4.23. The minimum atomic E-state index is -0.218. The second-order valence-electron chi connectivity index (χ2n) is 6.21. The molecule has 0 aliphatic carbocycles. The van der Waals surface area contributed by atoms with Gasteiger partial charge in [-0.15, -0.1) is 0 Å². The molecule has 1 amide bonds. The largest absolute Gasteiger partial charge is 0.493 e. The highest BCUT2D eigenvalue weighted by Gasteiger charge is 2.08. The van der Waals surface area contributed by atoms with Crippen LogP contribution in [0.2, 0.25) is 0 Å². The van der Waals surface area contributed by atoms with Gasteiger partial charge in [-0.25, -0.2) is 9.97 Å². The molecule has 3 rings (SSSR count). The third kappa shape index (κ3) is 5.65. The number of carbonyl (C=O) groups is 1. The maximum absolute atomic E-state index is 12.3. The summed E-state index contributed by atoms with van der Waals surface area (Å²) >= 11 is 0. The molecule has 0 saturated heterocycles. The zero-order valence-electron chi connectivity index (χ0n) is 16.4. The van der Waals surface area contributed by atoms with E-state index in [1.807, 2.05) is 30.3 Å². The second-order valence-corrected chi connectivity index (χ2v) is 6.21. The predicted molar refractivity (Wildman–Crippen MR) is 109 cm³/mol. The van der Waals surface area contributed by atoms with Gasteiger partial charge in [-0.2, -0.15) is 0 Å². The Morgan fingerprint density at radius 3 is 2.48 bits per heavy atom. The number of pyridine rings is 1. The summed E-state index contributed by atoms with van der Waals surface area (Å²) in [6.07, 6.45) is 7.16. The van der Waals surface area contributed by atoms with Crippen LogP contribution in [-0.2, 0) is 13.0 Å². The van der Waals surface area contributed by atoms with Crippen molar-refractivity contribution >= 4 is 11.9 Å². The zero-order valence-corrected chi connectivity index (χ0v) is 16.4. The molecule has 0 fully saturated rings. The van der Waals surface area contributed by atoms with Crippen molar-refractivity contribution in [3.05, 3.63) is 71.8 Å². The first-order valence-electron chi connectivity index (χ1n) is 9.13. The maximum Gasteiger partial charge on any atom is 0.254 e. The van der Waals surface area contributed by atoms with Crippen molar-refractivity contribution in [2.45, 2.75) is 13.0 Å². The Labute approximate surface area is 169 Å². The van der Waals surface area contributed by atoms with Crippen LogP contribution in [0.25, 0.3) is 0 Å². The summed E-state index contributed by atoms with van der Waals surface area (Å²) in [5.74, 6) is 1.58. The monoisotopic (exact) mass is 393 g/mol. The summed E-state index contributed by atoms with van der Waals surface area (Å²) in [7, 11) is 3.19. The lowest BCUT2D eigenvalue weighted by Crippen LogP contribution is -2.26. The first-order chi connectivity index (χ1) is 14.2. The number of hydrogen-bond acceptors (Lipinski definition) is 7. The molecule has 2 aromatic heterocycles. The first-order valence-corrected chi connectivity index (χ1v) is 9.13. The minimum absolute atomic E-state index is 0.218.